The van der Waals surface area contributed by atoms with Crippen LogP contribution >= 0.6 is 23.2 Å². The van der Waals surface area contributed by atoms with Gasteiger partial charge >= 0.3 is 0 Å². The number of benzene rings is 2. The molecule has 3 rings (SSSR count). The van der Waals surface area contributed by atoms with Gasteiger partial charge in [0.2, 0.25) is 15.9 Å². The summed E-state index contributed by atoms with van der Waals surface area (Å²) in [6, 6.07) is 10.7. The van der Waals surface area contributed by atoms with E-state index in [0.29, 0.717) is 16.5 Å². The van der Waals surface area contributed by atoms with Crippen molar-refractivity contribution in [1.82, 2.24) is 5.32 Å². The van der Waals surface area contributed by atoms with Crippen LogP contribution in [0.1, 0.15) is 48.9 Å². The predicted molar refractivity (Wildman–Crippen MR) is 123 cm³/mol. The molecule has 0 fully saturated rings. The molecule has 1 aliphatic rings. The van der Waals surface area contributed by atoms with E-state index >= 15 is 0 Å². The monoisotopic (exact) mass is 468 g/mol. The standard InChI is InChI=1S/C22H26Cl2N2O3S/c1-3-21(17-9-8-15-6-4-5-7-16(15)10-17)25-22(27)14-26(30(2,28)29)20-12-18(23)11-19(24)13-20/h8-13,21H,3-7,14H2,1-2H3,(H,25,27). The Morgan fingerprint density at radius 1 is 1.07 bits per heavy atom. The Labute approximate surface area is 188 Å². The van der Waals surface area contributed by atoms with E-state index in [1.165, 1.54) is 42.2 Å². The summed E-state index contributed by atoms with van der Waals surface area (Å²) in [7, 11) is -3.71. The molecule has 0 heterocycles. The number of hydrogen-bond acceptors (Lipinski definition) is 3. The van der Waals surface area contributed by atoms with Gasteiger partial charge in [0.25, 0.3) is 0 Å². The molecule has 30 heavy (non-hydrogen) atoms. The van der Waals surface area contributed by atoms with Crippen LogP contribution in [-0.4, -0.2) is 27.1 Å². The van der Waals surface area contributed by atoms with Gasteiger partial charge in [0.05, 0.1) is 18.0 Å². The zero-order valence-electron chi connectivity index (χ0n) is 17.1. The van der Waals surface area contributed by atoms with Crippen molar-refractivity contribution in [3.63, 3.8) is 0 Å². The lowest BCUT2D eigenvalue weighted by Crippen LogP contribution is -2.41. The third kappa shape index (κ3) is 5.68. The summed E-state index contributed by atoms with van der Waals surface area (Å²) < 4.78 is 25.7. The topological polar surface area (TPSA) is 66.5 Å². The van der Waals surface area contributed by atoms with Gasteiger partial charge in [-0.1, -0.05) is 48.3 Å². The Bertz CT molecular complexity index is 1020. The summed E-state index contributed by atoms with van der Waals surface area (Å²) in [4.78, 5) is 12.8. The molecule has 0 saturated carbocycles. The summed E-state index contributed by atoms with van der Waals surface area (Å²) in [5.74, 6) is -0.388. The molecular formula is C22H26Cl2N2O3S. The van der Waals surface area contributed by atoms with Crippen LogP contribution in [0.15, 0.2) is 36.4 Å². The van der Waals surface area contributed by atoms with Crippen molar-refractivity contribution in [2.24, 2.45) is 0 Å². The van der Waals surface area contributed by atoms with E-state index in [-0.39, 0.29) is 24.2 Å². The Morgan fingerprint density at radius 3 is 2.30 bits per heavy atom. The lowest BCUT2D eigenvalue weighted by molar-refractivity contribution is -0.120. The molecule has 0 bridgehead atoms. The average molecular weight is 469 g/mol. The molecule has 8 heteroatoms. The highest BCUT2D eigenvalue weighted by Crippen LogP contribution is 2.28. The molecule has 162 valence electrons. The first-order chi connectivity index (χ1) is 14.2. The van der Waals surface area contributed by atoms with Gasteiger partial charge in [0, 0.05) is 10.0 Å². The van der Waals surface area contributed by atoms with E-state index in [1.807, 2.05) is 6.92 Å². The molecule has 0 aliphatic heterocycles. The minimum absolute atomic E-state index is 0.186. The summed E-state index contributed by atoms with van der Waals surface area (Å²) in [6.45, 7) is 1.65. The van der Waals surface area contributed by atoms with E-state index in [4.69, 9.17) is 23.2 Å². The van der Waals surface area contributed by atoms with Crippen LogP contribution in [0.3, 0.4) is 0 Å². The maximum Gasteiger partial charge on any atom is 0.241 e. The fourth-order valence-corrected chi connectivity index (χ4v) is 5.20. The molecule has 2 aromatic carbocycles. The van der Waals surface area contributed by atoms with Gasteiger partial charge in [0.1, 0.15) is 6.54 Å². The fourth-order valence-electron chi connectivity index (χ4n) is 3.84. The number of carbonyl (C=O) groups is 1. The number of hydrogen-bond donors (Lipinski definition) is 1. The molecule has 0 saturated heterocycles. The van der Waals surface area contributed by atoms with Gasteiger partial charge in [-0.05, 0) is 67.0 Å². The van der Waals surface area contributed by atoms with Crippen LogP contribution in [0.25, 0.3) is 0 Å². The van der Waals surface area contributed by atoms with Crippen LogP contribution in [-0.2, 0) is 27.7 Å². The van der Waals surface area contributed by atoms with Crippen LogP contribution in [0.4, 0.5) is 5.69 Å². The number of halogens is 2. The van der Waals surface area contributed by atoms with Gasteiger partial charge in [-0.15, -0.1) is 0 Å². The number of carbonyl (C=O) groups excluding carboxylic acids is 1. The van der Waals surface area contributed by atoms with Gasteiger partial charge in [-0.25, -0.2) is 8.42 Å². The molecule has 0 aromatic heterocycles. The Kier molecular flexibility index (Phi) is 7.32. The van der Waals surface area contributed by atoms with Crippen LogP contribution in [0, 0.1) is 0 Å². The number of fused-ring (bicyclic) bond motifs is 1. The first kappa shape index (κ1) is 22.9. The van der Waals surface area contributed by atoms with E-state index < -0.39 is 10.0 Å². The van der Waals surface area contributed by atoms with Gasteiger partial charge < -0.3 is 5.32 Å². The van der Waals surface area contributed by atoms with E-state index in [0.717, 1.165) is 29.0 Å². The van der Waals surface area contributed by atoms with E-state index in [2.05, 4.69) is 23.5 Å². The molecule has 1 atom stereocenters. The number of nitrogens with zero attached hydrogens (tertiary/aromatic N) is 1. The molecule has 1 amide bonds. The summed E-state index contributed by atoms with van der Waals surface area (Å²) in [5, 5.41) is 3.58. The number of aryl methyl sites for hydroxylation is 2. The minimum atomic E-state index is -3.71. The Balaban J connectivity index is 1.78. The van der Waals surface area contributed by atoms with Crippen molar-refractivity contribution in [2.75, 3.05) is 17.1 Å². The van der Waals surface area contributed by atoms with Crippen LogP contribution in [0.5, 0.6) is 0 Å². The van der Waals surface area contributed by atoms with Crippen molar-refractivity contribution in [3.05, 3.63) is 63.1 Å². The SMILES string of the molecule is CCC(NC(=O)CN(c1cc(Cl)cc(Cl)c1)S(C)(=O)=O)c1ccc2c(c1)CCCC2. The average Bonchev–Trinajstić information content (AvgIpc) is 2.68. The van der Waals surface area contributed by atoms with E-state index in [9.17, 15) is 13.2 Å². The quantitative estimate of drug-likeness (QED) is 0.627. The lowest BCUT2D eigenvalue weighted by Gasteiger charge is -2.25. The van der Waals surface area contributed by atoms with Crippen molar-refractivity contribution in [1.29, 1.82) is 0 Å². The molecule has 1 aliphatic carbocycles. The van der Waals surface area contributed by atoms with Crippen LogP contribution in [0.2, 0.25) is 10.0 Å². The van der Waals surface area contributed by atoms with Crippen molar-refractivity contribution in [2.45, 2.75) is 45.1 Å². The third-order valence-electron chi connectivity index (χ3n) is 5.34. The van der Waals surface area contributed by atoms with Crippen molar-refractivity contribution >= 4 is 44.8 Å². The van der Waals surface area contributed by atoms with Gasteiger partial charge in [-0.2, -0.15) is 0 Å². The molecule has 0 radical (unpaired) electrons. The van der Waals surface area contributed by atoms with Gasteiger partial charge in [-0.3, -0.25) is 9.10 Å². The normalized spacial score (nSPS) is 14.7. The zero-order valence-corrected chi connectivity index (χ0v) is 19.4. The number of amides is 1. The first-order valence-corrected chi connectivity index (χ1v) is 12.6. The van der Waals surface area contributed by atoms with Crippen molar-refractivity contribution < 1.29 is 13.2 Å². The highest BCUT2D eigenvalue weighted by Gasteiger charge is 2.23. The lowest BCUT2D eigenvalue weighted by atomic mass is 9.89. The Hall–Kier alpha value is -1.76. The highest BCUT2D eigenvalue weighted by atomic mass is 35.5. The van der Waals surface area contributed by atoms with Crippen molar-refractivity contribution in [3.8, 4) is 0 Å². The number of anilines is 1. The summed E-state index contributed by atoms with van der Waals surface area (Å²) in [5.41, 5.74) is 4.03. The second-order valence-electron chi connectivity index (χ2n) is 7.66. The zero-order chi connectivity index (χ0) is 21.9. The smallest absolute Gasteiger partial charge is 0.241 e. The molecule has 1 N–H and O–H groups in total. The fraction of sp³-hybridized carbons (Fsp3) is 0.409. The minimum Gasteiger partial charge on any atom is -0.348 e. The van der Waals surface area contributed by atoms with Gasteiger partial charge in [0.15, 0.2) is 0 Å². The number of nitrogens with one attached hydrogen (secondary N) is 1. The highest BCUT2D eigenvalue weighted by molar-refractivity contribution is 7.92. The second kappa shape index (κ2) is 9.58. The molecule has 2 aromatic rings. The molecule has 0 spiro atoms. The predicted octanol–water partition coefficient (Wildman–Crippen LogP) is 4.91. The third-order valence-corrected chi connectivity index (χ3v) is 6.92. The maximum atomic E-state index is 12.8. The first-order valence-electron chi connectivity index (χ1n) is 10.0. The summed E-state index contributed by atoms with van der Waals surface area (Å²) in [6.07, 6.45) is 6.32. The number of rotatable bonds is 7. The summed E-state index contributed by atoms with van der Waals surface area (Å²) >= 11 is 12.0. The molecular weight excluding hydrogens is 443 g/mol. The molecule has 1 unspecified atom stereocenters. The van der Waals surface area contributed by atoms with E-state index in [1.54, 1.807) is 0 Å². The molecule has 5 nitrogen and oxygen atoms in total. The largest absolute Gasteiger partial charge is 0.348 e. The van der Waals surface area contributed by atoms with Crippen LogP contribution < -0.4 is 9.62 Å². The maximum absolute atomic E-state index is 12.8. The number of sulfonamides is 1. The second-order valence-corrected chi connectivity index (χ2v) is 10.4. The Morgan fingerprint density at radius 2 is 1.70 bits per heavy atom.